The molecular formula is C19H33N5. The Balaban J connectivity index is 1.80. The van der Waals surface area contributed by atoms with Crippen LogP contribution in [-0.2, 0) is 0 Å². The number of piperazine rings is 1. The third kappa shape index (κ3) is 6.13. The number of guanidine groups is 1. The number of nitrogens with two attached hydrogens (primary N) is 1. The molecule has 1 aromatic rings. The van der Waals surface area contributed by atoms with Crippen LogP contribution in [0.2, 0.25) is 0 Å². The van der Waals surface area contributed by atoms with E-state index >= 15 is 0 Å². The Labute approximate surface area is 146 Å². The molecule has 24 heavy (non-hydrogen) atoms. The van der Waals surface area contributed by atoms with Gasteiger partial charge in [-0.2, -0.15) is 0 Å². The predicted molar refractivity (Wildman–Crippen MR) is 102 cm³/mol. The number of nitrogens with zero attached hydrogens (tertiary/aromatic N) is 3. The quantitative estimate of drug-likeness (QED) is 0.455. The lowest BCUT2D eigenvalue weighted by Gasteiger charge is -2.40. The minimum Gasteiger partial charge on any atom is -0.370 e. The van der Waals surface area contributed by atoms with Crippen LogP contribution in [0.25, 0.3) is 0 Å². The van der Waals surface area contributed by atoms with Crippen molar-refractivity contribution in [3.05, 3.63) is 35.9 Å². The van der Waals surface area contributed by atoms with Crippen molar-refractivity contribution in [2.75, 3.05) is 46.3 Å². The number of likely N-dealkylation sites (N-methyl/N-ethyl adjacent to an activating group) is 1. The first-order chi connectivity index (χ1) is 11.6. The van der Waals surface area contributed by atoms with E-state index in [2.05, 4.69) is 71.3 Å². The van der Waals surface area contributed by atoms with Crippen molar-refractivity contribution in [1.29, 1.82) is 0 Å². The molecule has 1 aliphatic heterocycles. The van der Waals surface area contributed by atoms with Gasteiger partial charge in [0.15, 0.2) is 5.96 Å². The number of benzene rings is 1. The maximum Gasteiger partial charge on any atom is 0.188 e. The molecule has 1 aliphatic rings. The molecule has 134 valence electrons. The number of nitrogens with one attached hydrogen (secondary N) is 1. The van der Waals surface area contributed by atoms with E-state index < -0.39 is 0 Å². The lowest BCUT2D eigenvalue weighted by atomic mass is 10.0. The summed E-state index contributed by atoms with van der Waals surface area (Å²) in [5, 5.41) is 3.23. The van der Waals surface area contributed by atoms with E-state index in [0.717, 1.165) is 45.7 Å². The van der Waals surface area contributed by atoms with Gasteiger partial charge in [0, 0.05) is 45.3 Å². The van der Waals surface area contributed by atoms with E-state index in [4.69, 9.17) is 5.73 Å². The van der Waals surface area contributed by atoms with Crippen molar-refractivity contribution in [1.82, 2.24) is 15.1 Å². The van der Waals surface area contributed by atoms with Gasteiger partial charge in [0.1, 0.15) is 0 Å². The monoisotopic (exact) mass is 331 g/mol. The van der Waals surface area contributed by atoms with Gasteiger partial charge in [-0.25, -0.2) is 0 Å². The minimum absolute atomic E-state index is 0.483. The van der Waals surface area contributed by atoms with Crippen LogP contribution in [0.5, 0.6) is 0 Å². The van der Waals surface area contributed by atoms with Crippen molar-refractivity contribution >= 4 is 5.96 Å². The van der Waals surface area contributed by atoms with Gasteiger partial charge in [0.25, 0.3) is 0 Å². The molecule has 1 aromatic carbocycles. The molecule has 5 nitrogen and oxygen atoms in total. The highest BCUT2D eigenvalue weighted by Gasteiger charge is 2.25. The Kier molecular flexibility index (Phi) is 7.53. The first-order valence-corrected chi connectivity index (χ1v) is 9.07. The fourth-order valence-corrected chi connectivity index (χ4v) is 3.05. The summed E-state index contributed by atoms with van der Waals surface area (Å²) in [4.78, 5) is 9.36. The summed E-state index contributed by atoms with van der Waals surface area (Å²) in [6.07, 6.45) is 1.07. The molecular weight excluding hydrogens is 298 g/mol. The molecule has 5 heteroatoms. The van der Waals surface area contributed by atoms with Crippen molar-refractivity contribution in [3.8, 4) is 0 Å². The maximum atomic E-state index is 5.90. The van der Waals surface area contributed by atoms with Gasteiger partial charge in [0.2, 0.25) is 0 Å². The summed E-state index contributed by atoms with van der Waals surface area (Å²) in [5.74, 6) is 1.11. The summed E-state index contributed by atoms with van der Waals surface area (Å²) in [6.45, 7) is 10.4. The van der Waals surface area contributed by atoms with Gasteiger partial charge < -0.3 is 16.0 Å². The number of aliphatic imine (C=N–C) groups is 1. The van der Waals surface area contributed by atoms with Crippen LogP contribution in [-0.4, -0.2) is 62.1 Å². The molecule has 1 unspecified atom stereocenters. The number of hydrogen-bond donors (Lipinski definition) is 2. The van der Waals surface area contributed by atoms with E-state index in [1.165, 1.54) is 5.56 Å². The fourth-order valence-electron chi connectivity index (χ4n) is 3.05. The average molecular weight is 332 g/mol. The van der Waals surface area contributed by atoms with Crippen molar-refractivity contribution in [2.24, 2.45) is 16.6 Å². The van der Waals surface area contributed by atoms with Crippen LogP contribution in [0.3, 0.4) is 0 Å². The van der Waals surface area contributed by atoms with Gasteiger partial charge in [-0.15, -0.1) is 0 Å². The fraction of sp³-hybridized carbons (Fsp3) is 0.632. The highest BCUT2D eigenvalue weighted by molar-refractivity contribution is 5.77. The molecule has 0 aliphatic carbocycles. The SMILES string of the molecule is CC(C)CN=C(N)NCCCN1CCN(C)CC1c1ccccc1. The van der Waals surface area contributed by atoms with Gasteiger partial charge in [-0.1, -0.05) is 44.2 Å². The largest absolute Gasteiger partial charge is 0.370 e. The second kappa shape index (κ2) is 9.64. The summed E-state index contributed by atoms with van der Waals surface area (Å²) in [5.41, 5.74) is 7.31. The molecule has 1 atom stereocenters. The van der Waals surface area contributed by atoms with Crippen LogP contribution in [0.4, 0.5) is 0 Å². The van der Waals surface area contributed by atoms with Gasteiger partial charge in [-0.3, -0.25) is 9.89 Å². The summed E-state index contributed by atoms with van der Waals surface area (Å²) < 4.78 is 0. The van der Waals surface area contributed by atoms with Crippen LogP contribution >= 0.6 is 0 Å². The van der Waals surface area contributed by atoms with E-state index in [1.807, 2.05) is 0 Å². The normalized spacial score (nSPS) is 20.5. The van der Waals surface area contributed by atoms with Gasteiger partial charge in [0.05, 0.1) is 0 Å². The predicted octanol–water partition coefficient (Wildman–Crippen LogP) is 1.93. The van der Waals surface area contributed by atoms with Gasteiger partial charge in [-0.05, 0) is 24.9 Å². The standard InChI is InChI=1S/C19H33N5/c1-16(2)14-22-19(20)21-10-7-11-24-13-12-23(3)15-18(24)17-8-5-4-6-9-17/h4-6,8-9,16,18H,7,10-15H2,1-3H3,(H3,20,21,22). The molecule has 2 rings (SSSR count). The Morgan fingerprint density at radius 1 is 1.29 bits per heavy atom. The smallest absolute Gasteiger partial charge is 0.188 e. The average Bonchev–Trinajstić information content (AvgIpc) is 2.58. The third-order valence-corrected chi connectivity index (χ3v) is 4.43. The Bertz CT molecular complexity index is 500. The highest BCUT2D eigenvalue weighted by Crippen LogP contribution is 2.24. The van der Waals surface area contributed by atoms with Crippen molar-refractivity contribution < 1.29 is 0 Å². The van der Waals surface area contributed by atoms with Crippen LogP contribution in [0.1, 0.15) is 31.9 Å². The second-order valence-corrected chi connectivity index (χ2v) is 7.12. The van der Waals surface area contributed by atoms with Crippen molar-refractivity contribution in [2.45, 2.75) is 26.3 Å². The molecule has 0 aromatic heterocycles. The Morgan fingerprint density at radius 2 is 2.04 bits per heavy atom. The first-order valence-electron chi connectivity index (χ1n) is 9.07. The highest BCUT2D eigenvalue weighted by atomic mass is 15.3. The van der Waals surface area contributed by atoms with Crippen LogP contribution < -0.4 is 11.1 Å². The minimum atomic E-state index is 0.483. The second-order valence-electron chi connectivity index (χ2n) is 7.12. The van der Waals surface area contributed by atoms with E-state index in [1.54, 1.807) is 0 Å². The molecule has 1 heterocycles. The lowest BCUT2D eigenvalue weighted by Crippen LogP contribution is -2.47. The molecule has 0 saturated carbocycles. The zero-order valence-corrected chi connectivity index (χ0v) is 15.4. The first kappa shape index (κ1) is 18.7. The molecule has 0 bridgehead atoms. The van der Waals surface area contributed by atoms with E-state index in [9.17, 15) is 0 Å². The molecule has 3 N–H and O–H groups in total. The topological polar surface area (TPSA) is 56.9 Å². The number of rotatable bonds is 7. The molecule has 0 spiro atoms. The lowest BCUT2D eigenvalue weighted by molar-refractivity contribution is 0.0891. The maximum absolute atomic E-state index is 5.90. The van der Waals surface area contributed by atoms with Gasteiger partial charge >= 0.3 is 0 Å². The van der Waals surface area contributed by atoms with Crippen LogP contribution in [0.15, 0.2) is 35.3 Å². The van der Waals surface area contributed by atoms with E-state index in [-0.39, 0.29) is 0 Å². The summed E-state index contributed by atoms with van der Waals surface area (Å²) in [6, 6.07) is 11.3. The molecule has 0 radical (unpaired) electrons. The molecule has 0 amide bonds. The van der Waals surface area contributed by atoms with Crippen molar-refractivity contribution in [3.63, 3.8) is 0 Å². The molecule has 1 saturated heterocycles. The number of hydrogen-bond acceptors (Lipinski definition) is 3. The van der Waals surface area contributed by atoms with E-state index in [0.29, 0.717) is 17.9 Å². The zero-order valence-electron chi connectivity index (χ0n) is 15.4. The molecule has 1 fully saturated rings. The third-order valence-electron chi connectivity index (χ3n) is 4.43. The Morgan fingerprint density at radius 3 is 2.75 bits per heavy atom. The Hall–Kier alpha value is -1.59. The zero-order chi connectivity index (χ0) is 17.4. The van der Waals surface area contributed by atoms with Crippen LogP contribution in [0, 0.1) is 5.92 Å². The summed E-state index contributed by atoms with van der Waals surface area (Å²) >= 11 is 0. The summed E-state index contributed by atoms with van der Waals surface area (Å²) in [7, 11) is 2.21.